The molecule has 7 nitrogen and oxygen atoms in total. The number of aromatic nitrogens is 4. The van der Waals surface area contributed by atoms with Gasteiger partial charge in [0.25, 0.3) is 5.91 Å². The third kappa shape index (κ3) is 2.67. The summed E-state index contributed by atoms with van der Waals surface area (Å²) in [5.74, 6) is 0.435. The molecular formula is C17H18FN5O2. The maximum absolute atomic E-state index is 13.9. The van der Waals surface area contributed by atoms with Crippen molar-refractivity contribution in [2.24, 2.45) is 0 Å². The van der Waals surface area contributed by atoms with Crippen molar-refractivity contribution in [2.45, 2.75) is 38.6 Å². The zero-order valence-electron chi connectivity index (χ0n) is 14.0. The number of nitrogens with zero attached hydrogens (tertiary/aromatic N) is 4. The lowest BCUT2D eigenvalue weighted by molar-refractivity contribution is 0.0729. The van der Waals surface area contributed by atoms with Crippen LogP contribution in [0, 0.1) is 5.82 Å². The van der Waals surface area contributed by atoms with Crippen LogP contribution in [-0.4, -0.2) is 37.5 Å². The summed E-state index contributed by atoms with van der Waals surface area (Å²) in [5.41, 5.74) is 1.21. The lowest BCUT2D eigenvalue weighted by Crippen LogP contribution is -2.31. The van der Waals surface area contributed by atoms with E-state index in [0.717, 1.165) is 12.8 Å². The highest BCUT2D eigenvalue weighted by Crippen LogP contribution is 2.33. The molecular weight excluding hydrogens is 325 g/mol. The molecule has 0 aliphatic carbocycles. The minimum absolute atomic E-state index is 0.124. The molecule has 1 amide bonds. The van der Waals surface area contributed by atoms with Gasteiger partial charge in [-0.05, 0) is 25.0 Å². The summed E-state index contributed by atoms with van der Waals surface area (Å²) in [6.45, 7) is 4.50. The number of imidazole rings is 1. The monoisotopic (exact) mass is 343 g/mol. The highest BCUT2D eigenvalue weighted by molar-refractivity contribution is 6.05. The van der Waals surface area contributed by atoms with Gasteiger partial charge >= 0.3 is 0 Å². The molecule has 1 aromatic carbocycles. The van der Waals surface area contributed by atoms with E-state index in [-0.39, 0.29) is 23.4 Å². The van der Waals surface area contributed by atoms with Crippen LogP contribution < -0.4 is 0 Å². The zero-order valence-corrected chi connectivity index (χ0v) is 14.0. The number of nitrogens with one attached hydrogen (secondary N) is 1. The fourth-order valence-electron chi connectivity index (χ4n) is 3.23. The van der Waals surface area contributed by atoms with Gasteiger partial charge in [-0.25, -0.2) is 9.37 Å². The summed E-state index contributed by atoms with van der Waals surface area (Å²) in [6.07, 6.45) is 3.04. The van der Waals surface area contributed by atoms with Gasteiger partial charge in [0.1, 0.15) is 11.3 Å². The summed E-state index contributed by atoms with van der Waals surface area (Å²) < 4.78 is 19.1. The number of aromatic amines is 1. The first kappa shape index (κ1) is 15.7. The molecule has 0 bridgehead atoms. The molecule has 1 fully saturated rings. The van der Waals surface area contributed by atoms with Crippen molar-refractivity contribution >= 4 is 16.9 Å². The molecule has 1 atom stereocenters. The summed E-state index contributed by atoms with van der Waals surface area (Å²) >= 11 is 0. The van der Waals surface area contributed by atoms with Crippen molar-refractivity contribution in [3.8, 4) is 0 Å². The number of carbonyl (C=O) groups is 1. The Labute approximate surface area is 143 Å². The molecule has 1 unspecified atom stereocenters. The number of amides is 1. The Hall–Kier alpha value is -2.77. The van der Waals surface area contributed by atoms with Gasteiger partial charge in [0.2, 0.25) is 5.89 Å². The van der Waals surface area contributed by atoms with E-state index in [2.05, 4.69) is 20.1 Å². The molecule has 1 saturated heterocycles. The van der Waals surface area contributed by atoms with Crippen molar-refractivity contribution in [3.63, 3.8) is 0 Å². The molecule has 3 heterocycles. The Morgan fingerprint density at radius 3 is 3.04 bits per heavy atom. The zero-order chi connectivity index (χ0) is 17.6. The van der Waals surface area contributed by atoms with Crippen molar-refractivity contribution in [3.05, 3.63) is 41.6 Å². The van der Waals surface area contributed by atoms with Gasteiger partial charge in [0.05, 0.1) is 23.4 Å². The lowest BCUT2D eigenvalue weighted by Gasteiger charge is -2.22. The van der Waals surface area contributed by atoms with E-state index in [0.29, 0.717) is 29.3 Å². The minimum Gasteiger partial charge on any atom is -0.344 e. The Morgan fingerprint density at radius 1 is 1.44 bits per heavy atom. The maximum atomic E-state index is 13.9. The number of rotatable bonds is 3. The smallest absolute Gasteiger partial charge is 0.256 e. The maximum Gasteiger partial charge on any atom is 0.256 e. The number of halogens is 1. The summed E-state index contributed by atoms with van der Waals surface area (Å²) in [5, 5.41) is 4.04. The molecule has 4 rings (SSSR count). The molecule has 1 aliphatic heterocycles. The Morgan fingerprint density at radius 2 is 2.28 bits per heavy atom. The molecule has 1 aliphatic rings. The van der Waals surface area contributed by atoms with Crippen molar-refractivity contribution in [1.29, 1.82) is 0 Å². The average molecular weight is 343 g/mol. The van der Waals surface area contributed by atoms with Gasteiger partial charge in [-0.1, -0.05) is 19.0 Å². The average Bonchev–Trinajstić information content (AvgIpc) is 3.31. The summed E-state index contributed by atoms with van der Waals surface area (Å²) in [4.78, 5) is 26.2. The van der Waals surface area contributed by atoms with E-state index in [4.69, 9.17) is 4.52 Å². The van der Waals surface area contributed by atoms with Crippen molar-refractivity contribution in [1.82, 2.24) is 25.0 Å². The van der Waals surface area contributed by atoms with Crippen LogP contribution in [0.15, 0.2) is 23.0 Å². The molecule has 0 radical (unpaired) electrons. The van der Waals surface area contributed by atoms with Crippen molar-refractivity contribution in [2.75, 3.05) is 6.54 Å². The van der Waals surface area contributed by atoms with Crippen LogP contribution in [-0.2, 0) is 0 Å². The second kappa shape index (κ2) is 5.94. The number of fused-ring (bicyclic) bond motifs is 1. The highest BCUT2D eigenvalue weighted by Gasteiger charge is 2.35. The Kier molecular flexibility index (Phi) is 3.74. The molecule has 8 heteroatoms. The van der Waals surface area contributed by atoms with E-state index < -0.39 is 5.82 Å². The first-order valence-corrected chi connectivity index (χ1v) is 8.31. The fourth-order valence-corrected chi connectivity index (χ4v) is 3.23. The van der Waals surface area contributed by atoms with Crippen LogP contribution in [0.3, 0.4) is 0 Å². The molecule has 1 N–H and O–H groups in total. The topological polar surface area (TPSA) is 87.9 Å². The van der Waals surface area contributed by atoms with Gasteiger partial charge < -0.3 is 14.4 Å². The van der Waals surface area contributed by atoms with Gasteiger partial charge in [0, 0.05) is 12.5 Å². The predicted molar refractivity (Wildman–Crippen MR) is 87.5 cm³/mol. The molecule has 25 heavy (non-hydrogen) atoms. The molecule has 0 spiro atoms. The van der Waals surface area contributed by atoms with Crippen LogP contribution in [0.1, 0.15) is 60.7 Å². The van der Waals surface area contributed by atoms with E-state index in [9.17, 15) is 9.18 Å². The third-order valence-corrected chi connectivity index (χ3v) is 4.48. The number of likely N-dealkylation sites (tertiary alicyclic amines) is 1. The van der Waals surface area contributed by atoms with Crippen LogP contribution in [0.25, 0.3) is 11.0 Å². The third-order valence-electron chi connectivity index (χ3n) is 4.48. The summed E-state index contributed by atoms with van der Waals surface area (Å²) in [7, 11) is 0. The van der Waals surface area contributed by atoms with E-state index in [1.165, 1.54) is 18.5 Å². The van der Waals surface area contributed by atoms with Crippen LogP contribution in [0.4, 0.5) is 4.39 Å². The predicted octanol–water partition coefficient (Wildman–Crippen LogP) is 3.19. The fraction of sp³-hybridized carbons (Fsp3) is 0.412. The van der Waals surface area contributed by atoms with Gasteiger partial charge in [-0.3, -0.25) is 4.79 Å². The number of benzene rings is 1. The molecule has 2 aromatic heterocycles. The van der Waals surface area contributed by atoms with Crippen LogP contribution in [0.5, 0.6) is 0 Å². The SMILES string of the molecule is CC(C)c1nc(C2CCCN2C(=O)c2cc(F)cc3[nH]cnc23)no1. The second-order valence-corrected chi connectivity index (χ2v) is 6.55. The molecule has 0 saturated carbocycles. The van der Waals surface area contributed by atoms with E-state index in [1.54, 1.807) is 4.90 Å². The molecule has 3 aromatic rings. The largest absolute Gasteiger partial charge is 0.344 e. The molecule has 130 valence electrons. The number of hydrogen-bond donors (Lipinski definition) is 1. The Bertz CT molecular complexity index is 932. The van der Waals surface area contributed by atoms with Crippen LogP contribution >= 0.6 is 0 Å². The normalized spacial score (nSPS) is 17.8. The van der Waals surface area contributed by atoms with Gasteiger partial charge in [-0.2, -0.15) is 4.98 Å². The Balaban J connectivity index is 1.69. The van der Waals surface area contributed by atoms with Crippen LogP contribution in [0.2, 0.25) is 0 Å². The standard InChI is InChI=1S/C17H18FN5O2/c1-9(2)16-21-15(22-25-16)13-4-3-5-23(13)17(24)11-6-10(18)7-12-14(11)20-8-19-12/h6-9,13H,3-5H2,1-2H3,(H,19,20). The first-order chi connectivity index (χ1) is 12.0. The number of carbonyl (C=O) groups excluding carboxylic acids is 1. The highest BCUT2D eigenvalue weighted by atomic mass is 19.1. The summed E-state index contributed by atoms with van der Waals surface area (Å²) in [6, 6.07) is 2.30. The minimum atomic E-state index is -0.475. The lowest BCUT2D eigenvalue weighted by atomic mass is 10.1. The van der Waals surface area contributed by atoms with E-state index in [1.807, 2.05) is 13.8 Å². The number of hydrogen-bond acceptors (Lipinski definition) is 5. The van der Waals surface area contributed by atoms with Crippen molar-refractivity contribution < 1.29 is 13.7 Å². The quantitative estimate of drug-likeness (QED) is 0.789. The first-order valence-electron chi connectivity index (χ1n) is 8.31. The second-order valence-electron chi connectivity index (χ2n) is 6.55. The van der Waals surface area contributed by atoms with E-state index >= 15 is 0 Å². The van der Waals surface area contributed by atoms with Gasteiger partial charge in [-0.15, -0.1) is 0 Å². The number of H-pyrrole nitrogens is 1. The van der Waals surface area contributed by atoms with Gasteiger partial charge in [0.15, 0.2) is 5.82 Å².